The number of hydrogen-bond donors (Lipinski definition) is 2. The van der Waals surface area contributed by atoms with Crippen LogP contribution in [0.1, 0.15) is 34.7 Å². The van der Waals surface area contributed by atoms with E-state index in [4.69, 9.17) is 0 Å². The molecular formula is C20H19N7O. The summed E-state index contributed by atoms with van der Waals surface area (Å²) in [7, 11) is 0. The van der Waals surface area contributed by atoms with Crippen LogP contribution in [-0.2, 0) is 0 Å². The lowest BCUT2D eigenvalue weighted by molar-refractivity contribution is 0.0939. The molecule has 4 rings (SSSR count). The lowest BCUT2D eigenvalue weighted by atomic mass is 10.1. The maximum atomic E-state index is 13.0. The van der Waals surface area contributed by atoms with Gasteiger partial charge in [0.1, 0.15) is 17.8 Å². The third-order valence-corrected chi connectivity index (χ3v) is 4.33. The first-order chi connectivity index (χ1) is 13.6. The second kappa shape index (κ2) is 7.43. The molecule has 0 fully saturated rings. The average Bonchev–Trinajstić information content (AvgIpc) is 3.39. The minimum atomic E-state index is -0.320. The lowest BCUT2D eigenvalue weighted by Crippen LogP contribution is -2.27. The van der Waals surface area contributed by atoms with Gasteiger partial charge in [-0.3, -0.25) is 9.89 Å². The van der Waals surface area contributed by atoms with Gasteiger partial charge in [0.2, 0.25) is 0 Å². The quantitative estimate of drug-likeness (QED) is 0.560. The molecule has 2 N–H and O–H groups in total. The molecule has 1 amide bonds. The Labute approximate surface area is 161 Å². The molecule has 0 aliphatic carbocycles. The third kappa shape index (κ3) is 3.52. The molecule has 0 aliphatic rings. The topological polar surface area (TPSA) is 101 Å². The number of carbonyl (C=O) groups excluding carboxylic acids is 1. The monoisotopic (exact) mass is 373 g/mol. The molecule has 1 atom stereocenters. The molecule has 0 spiro atoms. The highest BCUT2D eigenvalue weighted by Gasteiger charge is 2.21. The first-order valence-corrected chi connectivity index (χ1v) is 8.86. The Kier molecular flexibility index (Phi) is 4.67. The zero-order chi connectivity index (χ0) is 19.5. The molecule has 8 heteroatoms. The van der Waals surface area contributed by atoms with Crippen molar-refractivity contribution in [1.82, 2.24) is 35.3 Å². The molecule has 3 heterocycles. The lowest BCUT2D eigenvalue weighted by Gasteiger charge is -2.10. The Bertz CT molecular complexity index is 1070. The van der Waals surface area contributed by atoms with Crippen LogP contribution in [0.25, 0.3) is 17.1 Å². The normalized spacial score (nSPS) is 11.9. The number of aromatic amines is 1. The standard InChI is InChI=1S/C20H19N7O/c1-13-8-9-17(21-10-13)27-11-16(18(26-27)15-6-4-3-5-7-15)20(28)24-14(2)19-22-12-23-25-19/h3-12,14H,1-2H3,(H,24,28)(H,22,23,25)/t14-/m0/s1. The molecular weight excluding hydrogens is 354 g/mol. The SMILES string of the molecule is Cc1ccc(-n2cc(C(=O)N[C@@H](C)c3ncn[nH]3)c(-c3ccccc3)n2)nc1. The third-order valence-electron chi connectivity index (χ3n) is 4.33. The van der Waals surface area contributed by atoms with Gasteiger partial charge in [-0.05, 0) is 25.5 Å². The van der Waals surface area contributed by atoms with Crippen molar-refractivity contribution in [3.63, 3.8) is 0 Å². The van der Waals surface area contributed by atoms with Crippen LogP contribution in [0.4, 0.5) is 0 Å². The average molecular weight is 373 g/mol. The predicted molar refractivity (Wildman–Crippen MR) is 104 cm³/mol. The summed E-state index contributed by atoms with van der Waals surface area (Å²) >= 11 is 0. The van der Waals surface area contributed by atoms with E-state index in [0.29, 0.717) is 22.9 Å². The Morgan fingerprint density at radius 2 is 1.96 bits per heavy atom. The molecule has 3 aromatic heterocycles. The maximum Gasteiger partial charge on any atom is 0.255 e. The number of nitrogens with zero attached hydrogens (tertiary/aromatic N) is 5. The molecule has 0 saturated heterocycles. The van der Waals surface area contributed by atoms with Crippen LogP contribution in [0, 0.1) is 6.92 Å². The minimum Gasteiger partial charge on any atom is -0.342 e. The van der Waals surface area contributed by atoms with Crippen LogP contribution < -0.4 is 5.32 Å². The van der Waals surface area contributed by atoms with Crippen molar-refractivity contribution in [2.75, 3.05) is 0 Å². The number of hydrogen-bond acceptors (Lipinski definition) is 5. The molecule has 0 radical (unpaired) electrons. The number of aryl methyl sites for hydroxylation is 1. The number of rotatable bonds is 5. The Morgan fingerprint density at radius 1 is 1.14 bits per heavy atom. The Hall–Kier alpha value is -3.81. The van der Waals surface area contributed by atoms with Crippen LogP contribution in [0.15, 0.2) is 61.2 Å². The largest absolute Gasteiger partial charge is 0.342 e. The van der Waals surface area contributed by atoms with Gasteiger partial charge in [-0.15, -0.1) is 0 Å². The van der Waals surface area contributed by atoms with Crippen molar-refractivity contribution >= 4 is 5.91 Å². The van der Waals surface area contributed by atoms with Crippen molar-refractivity contribution in [2.45, 2.75) is 19.9 Å². The first kappa shape index (κ1) is 17.6. The Balaban J connectivity index is 1.72. The van der Waals surface area contributed by atoms with Gasteiger partial charge in [0.05, 0.1) is 11.6 Å². The van der Waals surface area contributed by atoms with E-state index in [1.807, 2.05) is 56.3 Å². The summed E-state index contributed by atoms with van der Waals surface area (Å²) in [5, 5.41) is 14.2. The van der Waals surface area contributed by atoms with E-state index in [0.717, 1.165) is 11.1 Å². The fourth-order valence-electron chi connectivity index (χ4n) is 2.83. The highest BCUT2D eigenvalue weighted by atomic mass is 16.1. The van der Waals surface area contributed by atoms with Crippen molar-refractivity contribution in [1.29, 1.82) is 0 Å². The van der Waals surface area contributed by atoms with E-state index >= 15 is 0 Å². The number of pyridine rings is 1. The highest BCUT2D eigenvalue weighted by Crippen LogP contribution is 2.24. The summed E-state index contributed by atoms with van der Waals surface area (Å²) in [5.74, 6) is 0.980. The molecule has 28 heavy (non-hydrogen) atoms. The zero-order valence-corrected chi connectivity index (χ0v) is 15.5. The maximum absolute atomic E-state index is 13.0. The molecule has 0 saturated carbocycles. The predicted octanol–water partition coefficient (Wildman–Crippen LogP) is 2.85. The van der Waals surface area contributed by atoms with Gasteiger partial charge >= 0.3 is 0 Å². The second-order valence-electron chi connectivity index (χ2n) is 6.46. The van der Waals surface area contributed by atoms with Gasteiger partial charge in [-0.1, -0.05) is 36.4 Å². The summed E-state index contributed by atoms with van der Waals surface area (Å²) in [6.07, 6.45) is 4.88. The van der Waals surface area contributed by atoms with Crippen molar-refractivity contribution < 1.29 is 4.79 Å². The summed E-state index contributed by atoms with van der Waals surface area (Å²) in [6.45, 7) is 3.81. The van der Waals surface area contributed by atoms with Gasteiger partial charge in [-0.25, -0.2) is 14.6 Å². The van der Waals surface area contributed by atoms with Crippen LogP contribution in [-0.4, -0.2) is 35.9 Å². The van der Waals surface area contributed by atoms with Crippen molar-refractivity contribution in [2.24, 2.45) is 0 Å². The summed E-state index contributed by atoms with van der Waals surface area (Å²) < 4.78 is 1.62. The van der Waals surface area contributed by atoms with E-state index in [9.17, 15) is 4.79 Å². The Morgan fingerprint density at radius 3 is 2.64 bits per heavy atom. The highest BCUT2D eigenvalue weighted by molar-refractivity contribution is 6.00. The van der Waals surface area contributed by atoms with Crippen molar-refractivity contribution in [3.8, 4) is 17.1 Å². The summed E-state index contributed by atoms with van der Waals surface area (Å²) in [4.78, 5) is 21.5. The van der Waals surface area contributed by atoms with Gasteiger partial charge < -0.3 is 5.32 Å². The van der Waals surface area contributed by atoms with Gasteiger partial charge in [0.15, 0.2) is 5.82 Å². The molecule has 1 aromatic carbocycles. The first-order valence-electron chi connectivity index (χ1n) is 8.86. The zero-order valence-electron chi connectivity index (χ0n) is 15.5. The second-order valence-corrected chi connectivity index (χ2v) is 6.46. The summed E-state index contributed by atoms with van der Waals surface area (Å²) in [5.41, 5.74) is 2.95. The van der Waals surface area contributed by atoms with E-state index in [-0.39, 0.29) is 11.9 Å². The molecule has 0 unspecified atom stereocenters. The number of carbonyl (C=O) groups is 1. The van der Waals surface area contributed by atoms with E-state index < -0.39 is 0 Å². The number of aromatic nitrogens is 6. The fraction of sp³-hybridized carbons (Fsp3) is 0.150. The smallest absolute Gasteiger partial charge is 0.255 e. The van der Waals surface area contributed by atoms with Gasteiger partial charge in [0, 0.05) is 18.0 Å². The molecule has 0 bridgehead atoms. The van der Waals surface area contributed by atoms with Crippen LogP contribution >= 0.6 is 0 Å². The minimum absolute atomic E-state index is 0.249. The van der Waals surface area contributed by atoms with E-state index in [1.54, 1.807) is 17.1 Å². The molecule has 0 aliphatic heterocycles. The molecule has 8 nitrogen and oxygen atoms in total. The number of nitrogens with one attached hydrogen (secondary N) is 2. The number of benzene rings is 1. The molecule has 4 aromatic rings. The van der Waals surface area contributed by atoms with Gasteiger partial charge in [0.25, 0.3) is 5.91 Å². The van der Waals surface area contributed by atoms with Crippen LogP contribution in [0.5, 0.6) is 0 Å². The van der Waals surface area contributed by atoms with E-state index in [1.165, 1.54) is 6.33 Å². The van der Waals surface area contributed by atoms with Gasteiger partial charge in [-0.2, -0.15) is 10.2 Å². The van der Waals surface area contributed by atoms with Crippen LogP contribution in [0.2, 0.25) is 0 Å². The van der Waals surface area contributed by atoms with E-state index in [2.05, 4.69) is 30.6 Å². The number of H-pyrrole nitrogens is 1. The van der Waals surface area contributed by atoms with Crippen LogP contribution in [0.3, 0.4) is 0 Å². The molecule has 140 valence electrons. The fourth-order valence-corrected chi connectivity index (χ4v) is 2.83. The summed E-state index contributed by atoms with van der Waals surface area (Å²) in [6, 6.07) is 13.1. The van der Waals surface area contributed by atoms with Crippen molar-refractivity contribution in [3.05, 3.63) is 78.1 Å². The number of amides is 1.